The number of rotatable bonds is 10. The Labute approximate surface area is 123 Å². The fourth-order valence-corrected chi connectivity index (χ4v) is 2.39. The highest BCUT2D eigenvalue weighted by molar-refractivity contribution is 4.93. The van der Waals surface area contributed by atoms with Crippen LogP contribution >= 0.6 is 0 Å². The van der Waals surface area contributed by atoms with Gasteiger partial charge in [-0.05, 0) is 38.0 Å². The van der Waals surface area contributed by atoms with Gasteiger partial charge in [-0.1, -0.05) is 19.1 Å². The zero-order valence-corrected chi connectivity index (χ0v) is 13.2. The molecule has 0 aromatic rings. The van der Waals surface area contributed by atoms with Crippen molar-refractivity contribution in [3.05, 3.63) is 12.2 Å². The van der Waals surface area contributed by atoms with Gasteiger partial charge < -0.3 is 19.9 Å². The minimum Gasteiger partial charge on any atom is -0.389 e. The van der Waals surface area contributed by atoms with Gasteiger partial charge in [0.1, 0.15) is 0 Å². The molecule has 0 bridgehead atoms. The fraction of sp³-hybridized carbons (Fsp3) is 0.875. The van der Waals surface area contributed by atoms with Crippen molar-refractivity contribution in [3.63, 3.8) is 0 Å². The van der Waals surface area contributed by atoms with Crippen LogP contribution in [0.25, 0.3) is 0 Å². The SMILES string of the molecule is COCCC(C)NCC(O)COCC1CC=CCC1C. The molecule has 1 aliphatic rings. The molecule has 0 saturated carbocycles. The van der Waals surface area contributed by atoms with Gasteiger partial charge in [-0.15, -0.1) is 0 Å². The molecule has 0 aliphatic heterocycles. The van der Waals surface area contributed by atoms with E-state index in [9.17, 15) is 5.11 Å². The van der Waals surface area contributed by atoms with Gasteiger partial charge in [-0.25, -0.2) is 0 Å². The van der Waals surface area contributed by atoms with Crippen molar-refractivity contribution in [3.8, 4) is 0 Å². The second-order valence-corrected chi connectivity index (χ2v) is 5.96. The molecular weight excluding hydrogens is 254 g/mol. The molecule has 0 amide bonds. The first kappa shape index (κ1) is 17.6. The highest BCUT2D eigenvalue weighted by Gasteiger charge is 2.18. The van der Waals surface area contributed by atoms with E-state index in [1.54, 1.807) is 7.11 Å². The average Bonchev–Trinajstić information content (AvgIpc) is 2.45. The number of hydrogen-bond acceptors (Lipinski definition) is 4. The molecule has 0 aromatic heterocycles. The van der Waals surface area contributed by atoms with Gasteiger partial charge in [0.2, 0.25) is 0 Å². The molecule has 118 valence electrons. The lowest BCUT2D eigenvalue weighted by atomic mass is 9.85. The van der Waals surface area contributed by atoms with Gasteiger partial charge in [0.15, 0.2) is 0 Å². The smallest absolute Gasteiger partial charge is 0.0897 e. The largest absolute Gasteiger partial charge is 0.389 e. The van der Waals surface area contributed by atoms with E-state index in [1.165, 1.54) is 0 Å². The zero-order chi connectivity index (χ0) is 14.8. The third kappa shape index (κ3) is 7.39. The van der Waals surface area contributed by atoms with E-state index in [1.807, 2.05) is 0 Å². The predicted octanol–water partition coefficient (Wildman–Crippen LogP) is 1.98. The molecule has 0 radical (unpaired) electrons. The van der Waals surface area contributed by atoms with Crippen LogP contribution in [0.5, 0.6) is 0 Å². The molecule has 4 atom stereocenters. The maximum atomic E-state index is 9.89. The molecule has 4 nitrogen and oxygen atoms in total. The molecular formula is C16H31NO3. The fourth-order valence-electron chi connectivity index (χ4n) is 2.39. The summed E-state index contributed by atoms with van der Waals surface area (Å²) in [5.41, 5.74) is 0. The molecule has 0 spiro atoms. The quantitative estimate of drug-likeness (QED) is 0.603. The summed E-state index contributed by atoms with van der Waals surface area (Å²) in [5, 5.41) is 13.2. The van der Waals surface area contributed by atoms with Crippen LogP contribution in [0.4, 0.5) is 0 Å². The molecule has 1 rings (SSSR count). The molecule has 0 heterocycles. The van der Waals surface area contributed by atoms with Crippen molar-refractivity contribution in [2.75, 3.05) is 33.5 Å². The van der Waals surface area contributed by atoms with Crippen molar-refractivity contribution in [2.45, 2.75) is 45.3 Å². The number of methoxy groups -OCH3 is 1. The summed E-state index contributed by atoms with van der Waals surface area (Å²) in [7, 11) is 1.71. The summed E-state index contributed by atoms with van der Waals surface area (Å²) in [5.74, 6) is 1.28. The first-order valence-corrected chi connectivity index (χ1v) is 7.76. The Kier molecular flexibility index (Phi) is 9.10. The molecule has 2 N–H and O–H groups in total. The summed E-state index contributed by atoms with van der Waals surface area (Å²) in [6.07, 6.45) is 7.26. The van der Waals surface area contributed by atoms with E-state index in [2.05, 4.69) is 31.3 Å². The summed E-state index contributed by atoms with van der Waals surface area (Å²) < 4.78 is 10.7. The van der Waals surface area contributed by atoms with E-state index in [-0.39, 0.29) is 0 Å². The Balaban J connectivity index is 2.05. The highest BCUT2D eigenvalue weighted by Crippen LogP contribution is 2.24. The minimum absolute atomic E-state index is 0.355. The topological polar surface area (TPSA) is 50.7 Å². The van der Waals surface area contributed by atoms with Gasteiger partial charge >= 0.3 is 0 Å². The lowest BCUT2D eigenvalue weighted by molar-refractivity contribution is 0.0117. The molecule has 0 fully saturated rings. The lowest BCUT2D eigenvalue weighted by Crippen LogP contribution is -2.37. The molecule has 0 aromatic carbocycles. The Bertz CT molecular complexity index is 270. The van der Waals surface area contributed by atoms with Crippen LogP contribution in [0.3, 0.4) is 0 Å². The van der Waals surface area contributed by atoms with E-state index in [0.29, 0.717) is 31.0 Å². The lowest BCUT2D eigenvalue weighted by Gasteiger charge is -2.25. The van der Waals surface area contributed by atoms with Crippen molar-refractivity contribution >= 4 is 0 Å². The number of allylic oxidation sites excluding steroid dienone is 2. The van der Waals surface area contributed by atoms with Crippen molar-refractivity contribution in [2.24, 2.45) is 11.8 Å². The number of aliphatic hydroxyl groups is 1. The molecule has 1 aliphatic carbocycles. The first-order valence-electron chi connectivity index (χ1n) is 7.76. The number of hydrogen-bond donors (Lipinski definition) is 2. The number of aliphatic hydroxyl groups excluding tert-OH is 1. The summed E-state index contributed by atoms with van der Waals surface area (Å²) >= 11 is 0. The van der Waals surface area contributed by atoms with Crippen molar-refractivity contribution < 1.29 is 14.6 Å². The normalized spacial score (nSPS) is 25.6. The average molecular weight is 285 g/mol. The Morgan fingerprint density at radius 1 is 1.35 bits per heavy atom. The van der Waals surface area contributed by atoms with E-state index < -0.39 is 6.10 Å². The van der Waals surface area contributed by atoms with Crippen LogP contribution in [0.2, 0.25) is 0 Å². The molecule has 4 unspecified atom stereocenters. The molecule has 4 heteroatoms. The van der Waals surface area contributed by atoms with Crippen molar-refractivity contribution in [1.29, 1.82) is 0 Å². The van der Waals surface area contributed by atoms with Gasteiger partial charge in [0.05, 0.1) is 19.3 Å². The third-order valence-electron chi connectivity index (χ3n) is 4.02. The van der Waals surface area contributed by atoms with Crippen LogP contribution < -0.4 is 5.32 Å². The first-order chi connectivity index (χ1) is 9.63. The van der Waals surface area contributed by atoms with Crippen LogP contribution in [0.1, 0.15) is 33.1 Å². The Morgan fingerprint density at radius 2 is 2.10 bits per heavy atom. The molecule has 20 heavy (non-hydrogen) atoms. The third-order valence-corrected chi connectivity index (χ3v) is 4.02. The van der Waals surface area contributed by atoms with Crippen LogP contribution in [-0.2, 0) is 9.47 Å². The van der Waals surface area contributed by atoms with Crippen LogP contribution in [0, 0.1) is 11.8 Å². The maximum Gasteiger partial charge on any atom is 0.0897 e. The number of ether oxygens (including phenoxy) is 2. The Morgan fingerprint density at radius 3 is 2.80 bits per heavy atom. The van der Waals surface area contributed by atoms with E-state index >= 15 is 0 Å². The second kappa shape index (κ2) is 10.3. The molecule has 0 saturated heterocycles. The van der Waals surface area contributed by atoms with Gasteiger partial charge in [-0.2, -0.15) is 0 Å². The van der Waals surface area contributed by atoms with E-state index in [0.717, 1.165) is 32.5 Å². The van der Waals surface area contributed by atoms with Crippen molar-refractivity contribution in [1.82, 2.24) is 5.32 Å². The minimum atomic E-state index is -0.436. The second-order valence-electron chi connectivity index (χ2n) is 5.96. The standard InChI is InChI=1S/C16H31NO3/c1-13-6-4-5-7-15(13)11-20-12-16(18)10-17-14(2)8-9-19-3/h4-5,13-18H,6-12H2,1-3H3. The monoisotopic (exact) mass is 285 g/mol. The highest BCUT2D eigenvalue weighted by atomic mass is 16.5. The summed E-state index contributed by atoms with van der Waals surface area (Å²) in [6, 6.07) is 0.355. The van der Waals surface area contributed by atoms with Gasteiger partial charge in [0, 0.05) is 26.3 Å². The Hall–Kier alpha value is -0.420. The summed E-state index contributed by atoms with van der Waals surface area (Å²) in [4.78, 5) is 0. The van der Waals surface area contributed by atoms with Gasteiger partial charge in [-0.3, -0.25) is 0 Å². The summed E-state index contributed by atoms with van der Waals surface area (Å²) in [6.45, 7) is 6.85. The zero-order valence-electron chi connectivity index (χ0n) is 13.2. The predicted molar refractivity (Wildman–Crippen MR) is 81.8 cm³/mol. The van der Waals surface area contributed by atoms with Crippen LogP contribution in [0.15, 0.2) is 12.2 Å². The number of nitrogens with one attached hydrogen (secondary N) is 1. The maximum absolute atomic E-state index is 9.89. The van der Waals surface area contributed by atoms with Crippen LogP contribution in [-0.4, -0.2) is 50.7 Å². The van der Waals surface area contributed by atoms with E-state index in [4.69, 9.17) is 9.47 Å². The van der Waals surface area contributed by atoms with Gasteiger partial charge in [0.25, 0.3) is 0 Å².